The van der Waals surface area contributed by atoms with Crippen LogP contribution in [0.25, 0.3) is 0 Å². The SMILES string of the molecule is Cc1ccc(C(CCl)CCSC(F)(F)F)cc1. The third kappa shape index (κ3) is 5.68. The summed E-state index contributed by atoms with van der Waals surface area (Å²) in [5.74, 6) is 0.392. The summed E-state index contributed by atoms with van der Waals surface area (Å²) < 4.78 is 36.0. The van der Waals surface area contributed by atoms with Gasteiger partial charge in [-0.3, -0.25) is 0 Å². The number of halogens is 4. The Morgan fingerprint density at radius 3 is 2.29 bits per heavy atom. The predicted octanol–water partition coefficient (Wildman–Crippen LogP) is 4.96. The third-order valence-corrected chi connectivity index (χ3v) is 3.61. The number of alkyl halides is 4. The first-order valence-corrected chi connectivity index (χ1v) is 6.77. The minimum Gasteiger partial charge on any atom is -0.160 e. The Kier molecular flexibility index (Phi) is 5.67. The summed E-state index contributed by atoms with van der Waals surface area (Å²) >= 11 is 5.82. The van der Waals surface area contributed by atoms with Gasteiger partial charge in [-0.25, -0.2) is 0 Å². The number of benzene rings is 1. The maximum atomic E-state index is 12.0. The van der Waals surface area contributed by atoms with Gasteiger partial charge in [-0.1, -0.05) is 41.6 Å². The second kappa shape index (κ2) is 6.55. The van der Waals surface area contributed by atoms with E-state index in [0.29, 0.717) is 12.3 Å². The molecule has 17 heavy (non-hydrogen) atoms. The van der Waals surface area contributed by atoms with E-state index in [1.54, 1.807) is 0 Å². The maximum Gasteiger partial charge on any atom is 0.441 e. The van der Waals surface area contributed by atoms with E-state index in [9.17, 15) is 13.2 Å². The van der Waals surface area contributed by atoms with Crippen molar-refractivity contribution >= 4 is 23.4 Å². The molecule has 0 nitrogen and oxygen atoms in total. The minimum atomic E-state index is -4.15. The van der Waals surface area contributed by atoms with Crippen LogP contribution >= 0.6 is 23.4 Å². The zero-order chi connectivity index (χ0) is 12.9. The highest BCUT2D eigenvalue weighted by atomic mass is 35.5. The second-order valence-electron chi connectivity index (χ2n) is 3.84. The highest BCUT2D eigenvalue weighted by Gasteiger charge is 2.28. The Morgan fingerprint density at radius 1 is 1.24 bits per heavy atom. The first-order valence-electron chi connectivity index (χ1n) is 5.25. The van der Waals surface area contributed by atoms with E-state index in [1.807, 2.05) is 31.2 Å². The number of aryl methyl sites for hydroxylation is 1. The standard InChI is InChI=1S/C12H14ClF3S/c1-9-2-4-10(5-3-9)11(8-13)6-7-17-12(14,15)16/h2-5,11H,6-8H2,1H3. The molecular weight excluding hydrogens is 269 g/mol. The molecule has 1 aromatic rings. The van der Waals surface area contributed by atoms with Crippen molar-refractivity contribution in [1.29, 1.82) is 0 Å². The number of thioether (sulfide) groups is 1. The summed E-state index contributed by atoms with van der Waals surface area (Å²) in [5.41, 5.74) is -2.01. The normalized spacial score (nSPS) is 13.7. The van der Waals surface area contributed by atoms with E-state index < -0.39 is 5.51 Å². The third-order valence-electron chi connectivity index (χ3n) is 2.47. The highest BCUT2D eigenvalue weighted by molar-refractivity contribution is 8.00. The fourth-order valence-electron chi connectivity index (χ4n) is 1.49. The van der Waals surface area contributed by atoms with Crippen LogP contribution in [0.1, 0.15) is 23.5 Å². The van der Waals surface area contributed by atoms with E-state index in [0.717, 1.165) is 11.1 Å². The Bertz CT molecular complexity index is 335. The summed E-state index contributed by atoms with van der Waals surface area (Å²) in [6, 6.07) is 7.76. The van der Waals surface area contributed by atoms with Crippen LogP contribution in [0.5, 0.6) is 0 Å². The van der Waals surface area contributed by atoms with Crippen molar-refractivity contribution in [2.75, 3.05) is 11.6 Å². The fourth-order valence-corrected chi connectivity index (χ4v) is 2.45. The van der Waals surface area contributed by atoms with Gasteiger partial charge in [0.05, 0.1) is 0 Å². The molecule has 96 valence electrons. The zero-order valence-corrected chi connectivity index (χ0v) is 11.0. The number of hydrogen-bond donors (Lipinski definition) is 0. The molecule has 0 spiro atoms. The molecule has 0 aliphatic heterocycles. The smallest absolute Gasteiger partial charge is 0.160 e. The van der Waals surface area contributed by atoms with Gasteiger partial charge in [-0.05, 0) is 24.8 Å². The zero-order valence-electron chi connectivity index (χ0n) is 9.43. The minimum absolute atomic E-state index is 0.00730. The summed E-state index contributed by atoms with van der Waals surface area (Å²) in [4.78, 5) is 0. The predicted molar refractivity (Wildman–Crippen MR) is 67.8 cm³/mol. The van der Waals surface area contributed by atoms with Crippen LogP contribution in [0.2, 0.25) is 0 Å². The summed E-state index contributed by atoms with van der Waals surface area (Å²) in [7, 11) is 0. The monoisotopic (exact) mass is 282 g/mol. The first-order chi connectivity index (χ1) is 7.92. The molecule has 0 aromatic heterocycles. The number of rotatable bonds is 5. The molecular formula is C12H14ClF3S. The fraction of sp³-hybridized carbons (Fsp3) is 0.500. The molecule has 1 aromatic carbocycles. The van der Waals surface area contributed by atoms with Crippen LogP contribution in [0.4, 0.5) is 13.2 Å². The Balaban J connectivity index is 2.51. The lowest BCUT2D eigenvalue weighted by Gasteiger charge is -2.14. The lowest BCUT2D eigenvalue weighted by atomic mass is 9.98. The molecule has 1 unspecified atom stereocenters. The largest absolute Gasteiger partial charge is 0.441 e. The van der Waals surface area contributed by atoms with Gasteiger partial charge in [-0.15, -0.1) is 11.6 Å². The van der Waals surface area contributed by atoms with Crippen LogP contribution in [0, 0.1) is 6.92 Å². The maximum absolute atomic E-state index is 12.0. The van der Waals surface area contributed by atoms with E-state index in [1.165, 1.54) is 0 Å². The molecule has 0 fully saturated rings. The van der Waals surface area contributed by atoms with Gasteiger partial charge in [0.1, 0.15) is 0 Å². The van der Waals surface area contributed by atoms with Crippen molar-refractivity contribution in [3.05, 3.63) is 35.4 Å². The van der Waals surface area contributed by atoms with E-state index in [4.69, 9.17) is 11.6 Å². The van der Waals surface area contributed by atoms with Crippen molar-refractivity contribution in [1.82, 2.24) is 0 Å². The molecule has 1 rings (SSSR count). The summed E-state index contributed by atoms with van der Waals surface area (Å²) in [6.45, 7) is 1.97. The van der Waals surface area contributed by atoms with Crippen LogP contribution in [0.15, 0.2) is 24.3 Å². The lowest BCUT2D eigenvalue weighted by Crippen LogP contribution is -2.06. The molecule has 0 amide bonds. The van der Waals surface area contributed by atoms with Crippen molar-refractivity contribution in [3.8, 4) is 0 Å². The Labute approximate surface area is 109 Å². The van der Waals surface area contributed by atoms with Gasteiger partial charge < -0.3 is 0 Å². The van der Waals surface area contributed by atoms with Crippen LogP contribution in [-0.4, -0.2) is 17.1 Å². The highest BCUT2D eigenvalue weighted by Crippen LogP contribution is 2.33. The molecule has 0 heterocycles. The molecule has 0 radical (unpaired) electrons. The van der Waals surface area contributed by atoms with Crippen molar-refractivity contribution in [2.24, 2.45) is 0 Å². The molecule has 0 N–H and O–H groups in total. The average molecular weight is 283 g/mol. The molecule has 0 aliphatic rings. The first kappa shape index (κ1) is 14.7. The second-order valence-corrected chi connectivity index (χ2v) is 5.31. The molecule has 0 saturated heterocycles. The quantitative estimate of drug-likeness (QED) is 0.688. The van der Waals surface area contributed by atoms with Gasteiger partial charge >= 0.3 is 5.51 Å². The van der Waals surface area contributed by atoms with E-state index in [-0.39, 0.29) is 23.4 Å². The van der Waals surface area contributed by atoms with Crippen LogP contribution < -0.4 is 0 Å². The molecule has 5 heteroatoms. The van der Waals surface area contributed by atoms with Crippen LogP contribution in [-0.2, 0) is 0 Å². The van der Waals surface area contributed by atoms with Gasteiger partial charge in [0.15, 0.2) is 0 Å². The average Bonchev–Trinajstić information content (AvgIpc) is 2.24. The van der Waals surface area contributed by atoms with Gasteiger partial charge in [0.25, 0.3) is 0 Å². The van der Waals surface area contributed by atoms with Crippen molar-refractivity contribution in [3.63, 3.8) is 0 Å². The molecule has 0 bridgehead atoms. The van der Waals surface area contributed by atoms with Gasteiger partial charge in [0.2, 0.25) is 0 Å². The Morgan fingerprint density at radius 2 is 1.82 bits per heavy atom. The lowest BCUT2D eigenvalue weighted by molar-refractivity contribution is -0.0328. The van der Waals surface area contributed by atoms with Gasteiger partial charge in [0, 0.05) is 11.6 Å². The topological polar surface area (TPSA) is 0 Å². The molecule has 1 atom stereocenters. The molecule has 0 aliphatic carbocycles. The van der Waals surface area contributed by atoms with Gasteiger partial charge in [-0.2, -0.15) is 13.2 Å². The number of hydrogen-bond acceptors (Lipinski definition) is 1. The Hall–Kier alpha value is -0.350. The summed E-state index contributed by atoms with van der Waals surface area (Å²) in [6.07, 6.45) is 0.441. The van der Waals surface area contributed by atoms with Crippen molar-refractivity contribution in [2.45, 2.75) is 24.8 Å². The van der Waals surface area contributed by atoms with Crippen molar-refractivity contribution < 1.29 is 13.2 Å². The van der Waals surface area contributed by atoms with E-state index in [2.05, 4.69) is 0 Å². The molecule has 0 saturated carbocycles. The van der Waals surface area contributed by atoms with E-state index >= 15 is 0 Å². The summed E-state index contributed by atoms with van der Waals surface area (Å²) in [5, 5.41) is 0. The van der Waals surface area contributed by atoms with Crippen LogP contribution in [0.3, 0.4) is 0 Å².